The van der Waals surface area contributed by atoms with Gasteiger partial charge in [0.15, 0.2) is 0 Å². The first kappa shape index (κ1) is 19.7. The fraction of sp³-hybridized carbons (Fsp3) is 0.364. The highest BCUT2D eigenvalue weighted by atomic mass is 16.2. The molecule has 2 N–H and O–H groups in total. The van der Waals surface area contributed by atoms with E-state index < -0.39 is 0 Å². The number of hydrogen-bond donors (Lipinski definition) is 2. The third-order valence-electron chi connectivity index (χ3n) is 4.22. The molecule has 2 aromatic carbocycles. The molecule has 0 spiro atoms. The lowest BCUT2D eigenvalue weighted by Crippen LogP contribution is -2.27. The summed E-state index contributed by atoms with van der Waals surface area (Å²) in [5.41, 5.74) is 2.31. The van der Waals surface area contributed by atoms with E-state index in [1.165, 1.54) is 5.56 Å². The van der Waals surface area contributed by atoms with E-state index in [2.05, 4.69) is 29.7 Å². The van der Waals surface area contributed by atoms with Crippen LogP contribution >= 0.6 is 0 Å². The number of carbonyl (C=O) groups is 2. The van der Waals surface area contributed by atoms with E-state index in [4.69, 9.17) is 0 Å². The fourth-order valence-electron chi connectivity index (χ4n) is 2.72. The van der Waals surface area contributed by atoms with Crippen molar-refractivity contribution in [1.29, 1.82) is 0 Å². The Labute approximate surface area is 156 Å². The molecule has 2 rings (SSSR count). The minimum Gasteiger partial charge on any atom is -0.352 e. The average Bonchev–Trinajstić information content (AvgIpc) is 2.69. The topological polar surface area (TPSA) is 58.2 Å². The smallest absolute Gasteiger partial charge is 0.251 e. The van der Waals surface area contributed by atoms with Gasteiger partial charge in [0.1, 0.15) is 0 Å². The van der Waals surface area contributed by atoms with Crippen LogP contribution in [0.25, 0.3) is 0 Å². The Balaban J connectivity index is 1.78. The quantitative estimate of drug-likeness (QED) is 0.636. The monoisotopic (exact) mass is 352 g/mol. The molecule has 0 radical (unpaired) electrons. The highest BCUT2D eigenvalue weighted by molar-refractivity contribution is 5.99. The van der Waals surface area contributed by atoms with Crippen LogP contribution in [0.1, 0.15) is 58.9 Å². The zero-order valence-electron chi connectivity index (χ0n) is 15.5. The first-order chi connectivity index (χ1) is 12.7. The van der Waals surface area contributed by atoms with Gasteiger partial charge in [0.2, 0.25) is 0 Å². The molecule has 0 aliphatic rings. The number of benzene rings is 2. The summed E-state index contributed by atoms with van der Waals surface area (Å²) >= 11 is 0. The first-order valence-electron chi connectivity index (χ1n) is 9.41. The molecule has 0 atom stereocenters. The molecular formula is C22H28N2O2. The van der Waals surface area contributed by atoms with Crippen molar-refractivity contribution < 1.29 is 9.59 Å². The maximum atomic E-state index is 12.3. The summed E-state index contributed by atoms with van der Waals surface area (Å²) in [4.78, 5) is 24.4. The van der Waals surface area contributed by atoms with E-state index in [1.807, 2.05) is 18.2 Å². The van der Waals surface area contributed by atoms with E-state index in [0.717, 1.165) is 32.1 Å². The lowest BCUT2D eigenvalue weighted by molar-refractivity contribution is 0.0952. The van der Waals surface area contributed by atoms with Crippen molar-refractivity contribution >= 4 is 11.8 Å². The van der Waals surface area contributed by atoms with Crippen LogP contribution in [0.5, 0.6) is 0 Å². The molecular weight excluding hydrogens is 324 g/mol. The molecule has 0 bridgehead atoms. The van der Waals surface area contributed by atoms with Crippen LogP contribution in [0.2, 0.25) is 0 Å². The third-order valence-corrected chi connectivity index (χ3v) is 4.22. The maximum Gasteiger partial charge on any atom is 0.251 e. The van der Waals surface area contributed by atoms with Crippen LogP contribution in [-0.4, -0.2) is 24.9 Å². The highest BCUT2D eigenvalue weighted by Gasteiger charge is 2.10. The largest absolute Gasteiger partial charge is 0.352 e. The van der Waals surface area contributed by atoms with Crippen molar-refractivity contribution in [3.63, 3.8) is 0 Å². The summed E-state index contributed by atoms with van der Waals surface area (Å²) in [5, 5.41) is 5.82. The van der Waals surface area contributed by atoms with Gasteiger partial charge in [0.25, 0.3) is 11.8 Å². The van der Waals surface area contributed by atoms with Gasteiger partial charge in [-0.1, -0.05) is 56.2 Å². The Morgan fingerprint density at radius 2 is 1.38 bits per heavy atom. The van der Waals surface area contributed by atoms with Crippen LogP contribution in [0.4, 0.5) is 0 Å². The van der Waals surface area contributed by atoms with Crippen molar-refractivity contribution in [1.82, 2.24) is 10.6 Å². The molecule has 0 aromatic heterocycles. The number of amides is 2. The predicted octanol–water partition coefficient (Wildman–Crippen LogP) is 3.97. The van der Waals surface area contributed by atoms with Gasteiger partial charge in [-0.25, -0.2) is 0 Å². The van der Waals surface area contributed by atoms with Crippen molar-refractivity contribution in [3.05, 3.63) is 71.3 Å². The Morgan fingerprint density at radius 3 is 2.00 bits per heavy atom. The summed E-state index contributed by atoms with van der Waals surface area (Å²) in [6.45, 7) is 3.41. The average molecular weight is 352 g/mol. The van der Waals surface area contributed by atoms with Crippen molar-refractivity contribution in [2.75, 3.05) is 13.1 Å². The summed E-state index contributed by atoms with van der Waals surface area (Å²) in [7, 11) is 0. The Morgan fingerprint density at radius 1 is 0.769 bits per heavy atom. The minimum atomic E-state index is -0.140. The number of nitrogens with one attached hydrogen (secondary N) is 2. The Kier molecular flexibility index (Phi) is 8.40. The normalized spacial score (nSPS) is 10.3. The molecule has 4 heteroatoms. The van der Waals surface area contributed by atoms with Crippen LogP contribution in [0, 0.1) is 0 Å². The highest BCUT2D eigenvalue weighted by Crippen LogP contribution is 2.06. The molecule has 0 aliphatic carbocycles. The molecule has 0 aliphatic heterocycles. The first-order valence-corrected chi connectivity index (χ1v) is 9.41. The second-order valence-electron chi connectivity index (χ2n) is 6.39. The minimum absolute atomic E-state index is 0.125. The molecule has 26 heavy (non-hydrogen) atoms. The zero-order chi connectivity index (χ0) is 18.6. The van der Waals surface area contributed by atoms with Gasteiger partial charge < -0.3 is 10.6 Å². The van der Waals surface area contributed by atoms with E-state index in [9.17, 15) is 9.59 Å². The van der Waals surface area contributed by atoms with Crippen LogP contribution in [-0.2, 0) is 6.42 Å². The third kappa shape index (κ3) is 6.71. The van der Waals surface area contributed by atoms with E-state index in [-0.39, 0.29) is 11.8 Å². The molecule has 0 fully saturated rings. The van der Waals surface area contributed by atoms with Crippen LogP contribution < -0.4 is 10.6 Å². The van der Waals surface area contributed by atoms with Gasteiger partial charge in [0, 0.05) is 24.2 Å². The molecule has 0 saturated heterocycles. The second kappa shape index (κ2) is 11.1. The number of unbranched alkanes of at least 4 members (excludes halogenated alkanes) is 2. The standard InChI is InChI=1S/C22H28N2O2/c1-2-3-7-15-23-21(25)19-13-8-14-20(17-19)22(26)24-16-9-12-18-10-5-4-6-11-18/h4-6,8,10-11,13-14,17H,2-3,7,9,12,15-16H2,1H3,(H,23,25)(H,24,26). The lowest BCUT2D eigenvalue weighted by atomic mass is 10.1. The van der Waals surface area contributed by atoms with Gasteiger partial charge in [-0.05, 0) is 43.0 Å². The Hall–Kier alpha value is -2.62. The fourth-order valence-corrected chi connectivity index (χ4v) is 2.72. The van der Waals surface area contributed by atoms with Crippen LogP contribution in [0.3, 0.4) is 0 Å². The van der Waals surface area contributed by atoms with Crippen molar-refractivity contribution in [2.24, 2.45) is 0 Å². The van der Waals surface area contributed by atoms with Gasteiger partial charge in [-0.2, -0.15) is 0 Å². The summed E-state index contributed by atoms with van der Waals surface area (Å²) in [6.07, 6.45) is 5.01. The number of carbonyl (C=O) groups excluding carboxylic acids is 2. The SMILES string of the molecule is CCCCCNC(=O)c1cccc(C(=O)NCCCc2ccccc2)c1. The molecule has 0 saturated carbocycles. The van der Waals surface area contributed by atoms with Gasteiger partial charge >= 0.3 is 0 Å². The molecule has 4 nitrogen and oxygen atoms in total. The van der Waals surface area contributed by atoms with Crippen molar-refractivity contribution in [2.45, 2.75) is 39.0 Å². The molecule has 2 aromatic rings. The van der Waals surface area contributed by atoms with E-state index in [1.54, 1.807) is 24.3 Å². The summed E-state index contributed by atoms with van der Waals surface area (Å²) < 4.78 is 0. The van der Waals surface area contributed by atoms with E-state index >= 15 is 0 Å². The van der Waals surface area contributed by atoms with E-state index in [0.29, 0.717) is 24.2 Å². The number of rotatable bonds is 10. The predicted molar refractivity (Wildman–Crippen MR) is 105 cm³/mol. The summed E-state index contributed by atoms with van der Waals surface area (Å²) in [5.74, 6) is -0.265. The molecule has 0 unspecified atom stereocenters. The van der Waals surface area contributed by atoms with Gasteiger partial charge in [-0.3, -0.25) is 9.59 Å². The lowest BCUT2D eigenvalue weighted by Gasteiger charge is -2.08. The molecule has 138 valence electrons. The van der Waals surface area contributed by atoms with Gasteiger partial charge in [-0.15, -0.1) is 0 Å². The number of hydrogen-bond acceptors (Lipinski definition) is 2. The van der Waals surface area contributed by atoms with Crippen LogP contribution in [0.15, 0.2) is 54.6 Å². The zero-order valence-corrected chi connectivity index (χ0v) is 15.5. The van der Waals surface area contributed by atoms with Gasteiger partial charge in [0.05, 0.1) is 0 Å². The summed E-state index contributed by atoms with van der Waals surface area (Å²) in [6, 6.07) is 17.1. The second-order valence-corrected chi connectivity index (χ2v) is 6.39. The maximum absolute atomic E-state index is 12.3. The molecule has 2 amide bonds. The number of aryl methyl sites for hydroxylation is 1. The molecule has 0 heterocycles. The Bertz CT molecular complexity index is 698. The van der Waals surface area contributed by atoms with Crippen molar-refractivity contribution in [3.8, 4) is 0 Å².